The zero-order chi connectivity index (χ0) is 19.2. The van der Waals surface area contributed by atoms with Gasteiger partial charge in [0.05, 0.1) is 13.2 Å². The van der Waals surface area contributed by atoms with Crippen molar-refractivity contribution < 1.29 is 14.3 Å². The largest absolute Gasteiger partial charge is 0.493 e. The van der Waals surface area contributed by atoms with E-state index in [1.807, 2.05) is 18.2 Å². The number of aliphatic imine (C=N–C) groups is 1. The van der Waals surface area contributed by atoms with E-state index >= 15 is 0 Å². The number of nitrogens with zero attached hydrogens (tertiary/aromatic N) is 2. The van der Waals surface area contributed by atoms with Crippen molar-refractivity contribution in [2.24, 2.45) is 10.9 Å². The highest BCUT2D eigenvalue weighted by atomic mass is 127. The summed E-state index contributed by atoms with van der Waals surface area (Å²) in [7, 11) is 3.48. The maximum absolute atomic E-state index is 11.9. The van der Waals surface area contributed by atoms with Crippen molar-refractivity contribution in [1.29, 1.82) is 0 Å². The molecule has 1 aromatic carbocycles. The molecule has 0 radical (unpaired) electrons. The number of carbonyl (C=O) groups excluding carboxylic acids is 1. The molecule has 3 unspecified atom stereocenters. The second-order valence-corrected chi connectivity index (χ2v) is 7.45. The molecule has 3 atom stereocenters. The van der Waals surface area contributed by atoms with E-state index in [0.717, 1.165) is 31.9 Å². The van der Waals surface area contributed by atoms with Crippen molar-refractivity contribution in [2.45, 2.75) is 25.3 Å². The molecule has 0 aromatic heterocycles. The van der Waals surface area contributed by atoms with Crippen molar-refractivity contribution >= 4 is 35.8 Å². The normalized spacial score (nSPS) is 21.9. The number of benzene rings is 1. The van der Waals surface area contributed by atoms with Crippen LogP contribution in [0.4, 0.5) is 0 Å². The lowest BCUT2D eigenvalue weighted by molar-refractivity contribution is -0.127. The SMILES string of the molecule is CC(NC(=NCC(=O)N(C)C)NCC1CCOC1)C1COc2ccccc21.I. The molecular weight excluding hydrogens is 471 g/mol. The summed E-state index contributed by atoms with van der Waals surface area (Å²) in [5.41, 5.74) is 1.21. The quantitative estimate of drug-likeness (QED) is 0.353. The number of hydrogen-bond acceptors (Lipinski definition) is 4. The van der Waals surface area contributed by atoms with Gasteiger partial charge in [-0.25, -0.2) is 4.99 Å². The summed E-state index contributed by atoms with van der Waals surface area (Å²) < 4.78 is 11.2. The van der Waals surface area contributed by atoms with Gasteiger partial charge in [-0.05, 0) is 19.4 Å². The van der Waals surface area contributed by atoms with Crippen molar-refractivity contribution in [2.75, 3.05) is 47.0 Å². The first-order valence-electron chi connectivity index (χ1n) is 9.59. The fourth-order valence-electron chi connectivity index (χ4n) is 3.34. The Kier molecular flexibility index (Phi) is 8.81. The van der Waals surface area contributed by atoms with E-state index in [2.05, 4.69) is 28.6 Å². The number of likely N-dealkylation sites (N-methyl/N-ethyl adjacent to an activating group) is 1. The summed E-state index contributed by atoms with van der Waals surface area (Å²) in [4.78, 5) is 18.0. The van der Waals surface area contributed by atoms with Crippen LogP contribution in [0.25, 0.3) is 0 Å². The highest BCUT2D eigenvalue weighted by molar-refractivity contribution is 14.0. The minimum atomic E-state index is -0.0255. The lowest BCUT2D eigenvalue weighted by Gasteiger charge is -2.23. The third-order valence-corrected chi connectivity index (χ3v) is 5.16. The van der Waals surface area contributed by atoms with Crippen LogP contribution in [0.1, 0.15) is 24.8 Å². The van der Waals surface area contributed by atoms with E-state index in [1.54, 1.807) is 19.0 Å². The van der Waals surface area contributed by atoms with Gasteiger partial charge in [0.1, 0.15) is 12.3 Å². The number of nitrogens with one attached hydrogen (secondary N) is 2. The smallest absolute Gasteiger partial charge is 0.243 e. The summed E-state index contributed by atoms with van der Waals surface area (Å²) >= 11 is 0. The number of carbonyl (C=O) groups is 1. The van der Waals surface area contributed by atoms with E-state index in [-0.39, 0.29) is 48.4 Å². The number of halogens is 1. The van der Waals surface area contributed by atoms with Gasteiger partial charge in [0, 0.05) is 50.7 Å². The molecule has 2 aliphatic heterocycles. The summed E-state index contributed by atoms with van der Waals surface area (Å²) in [6.07, 6.45) is 1.05. The van der Waals surface area contributed by atoms with Crippen molar-refractivity contribution in [3.8, 4) is 5.75 Å². The molecule has 0 spiro atoms. The predicted molar refractivity (Wildman–Crippen MR) is 121 cm³/mol. The number of ether oxygens (including phenoxy) is 2. The molecule has 1 fully saturated rings. The van der Waals surface area contributed by atoms with E-state index < -0.39 is 0 Å². The maximum atomic E-state index is 11.9. The molecule has 156 valence electrons. The van der Waals surface area contributed by atoms with Gasteiger partial charge in [0.15, 0.2) is 5.96 Å². The minimum Gasteiger partial charge on any atom is -0.493 e. The Hall–Kier alpha value is -1.55. The van der Waals surface area contributed by atoms with Crippen molar-refractivity contribution in [1.82, 2.24) is 15.5 Å². The van der Waals surface area contributed by atoms with Crippen molar-refractivity contribution in [3.63, 3.8) is 0 Å². The van der Waals surface area contributed by atoms with Gasteiger partial charge >= 0.3 is 0 Å². The molecule has 7 nitrogen and oxygen atoms in total. The highest BCUT2D eigenvalue weighted by Gasteiger charge is 2.29. The summed E-state index contributed by atoms with van der Waals surface area (Å²) in [5, 5.41) is 6.85. The van der Waals surface area contributed by atoms with Gasteiger partial charge in [0.25, 0.3) is 0 Å². The van der Waals surface area contributed by atoms with Gasteiger partial charge < -0.3 is 25.0 Å². The maximum Gasteiger partial charge on any atom is 0.243 e. The first-order valence-corrected chi connectivity index (χ1v) is 9.59. The molecule has 2 heterocycles. The average Bonchev–Trinajstić information content (AvgIpc) is 3.32. The highest BCUT2D eigenvalue weighted by Crippen LogP contribution is 2.35. The Balaban J connectivity index is 0.00000280. The first kappa shape index (κ1) is 22.7. The van der Waals surface area contributed by atoms with Crippen LogP contribution in [0.5, 0.6) is 5.75 Å². The molecular formula is C20H31IN4O3. The molecule has 0 saturated carbocycles. The molecule has 2 N–H and O–H groups in total. The summed E-state index contributed by atoms with van der Waals surface area (Å²) in [6, 6.07) is 8.27. The number of guanidine groups is 1. The van der Waals surface area contributed by atoms with Crippen LogP contribution in [-0.2, 0) is 9.53 Å². The van der Waals surface area contributed by atoms with Crippen LogP contribution < -0.4 is 15.4 Å². The van der Waals surface area contributed by atoms with E-state index in [1.165, 1.54) is 5.56 Å². The molecule has 3 rings (SSSR count). The fraction of sp³-hybridized carbons (Fsp3) is 0.600. The van der Waals surface area contributed by atoms with Crippen LogP contribution in [0.15, 0.2) is 29.3 Å². The Morgan fingerprint density at radius 3 is 2.82 bits per heavy atom. The molecule has 0 bridgehead atoms. The molecule has 0 aliphatic carbocycles. The van der Waals surface area contributed by atoms with Gasteiger partial charge in [-0.3, -0.25) is 4.79 Å². The molecule has 28 heavy (non-hydrogen) atoms. The van der Waals surface area contributed by atoms with Gasteiger partial charge in [-0.1, -0.05) is 18.2 Å². The number of rotatable bonds is 6. The number of para-hydroxylation sites is 1. The standard InChI is InChI=1S/C20H30N4O3.HI/c1-14(17-13-27-18-7-5-4-6-16(17)18)23-20(22-11-19(25)24(2)3)21-10-15-8-9-26-12-15;/h4-7,14-15,17H,8-13H2,1-3H3,(H2,21,22,23);1H. The van der Waals surface area contributed by atoms with Crippen LogP contribution in [0.2, 0.25) is 0 Å². The molecule has 1 amide bonds. The predicted octanol–water partition coefficient (Wildman–Crippen LogP) is 1.83. The number of hydrogen-bond donors (Lipinski definition) is 2. The zero-order valence-electron chi connectivity index (χ0n) is 16.8. The van der Waals surface area contributed by atoms with E-state index in [4.69, 9.17) is 9.47 Å². The Morgan fingerprint density at radius 1 is 1.32 bits per heavy atom. The topological polar surface area (TPSA) is 75.2 Å². The lowest BCUT2D eigenvalue weighted by Crippen LogP contribution is -2.46. The molecule has 1 aromatic rings. The van der Waals surface area contributed by atoms with Crippen LogP contribution in [0, 0.1) is 5.92 Å². The van der Waals surface area contributed by atoms with Gasteiger partial charge in [0.2, 0.25) is 5.91 Å². The van der Waals surface area contributed by atoms with Crippen LogP contribution in [0.3, 0.4) is 0 Å². The fourth-order valence-corrected chi connectivity index (χ4v) is 3.34. The Bertz CT molecular complexity index is 677. The molecule has 8 heteroatoms. The van der Waals surface area contributed by atoms with Gasteiger partial charge in [-0.2, -0.15) is 0 Å². The minimum absolute atomic E-state index is 0. The molecule has 2 aliphatic rings. The Labute approximate surface area is 184 Å². The van der Waals surface area contributed by atoms with E-state index in [0.29, 0.717) is 18.5 Å². The summed E-state index contributed by atoms with van der Waals surface area (Å²) in [6.45, 7) is 5.27. The second kappa shape index (κ2) is 10.8. The second-order valence-electron chi connectivity index (χ2n) is 7.45. The Morgan fingerprint density at radius 2 is 2.11 bits per heavy atom. The third kappa shape index (κ3) is 5.97. The van der Waals surface area contributed by atoms with Crippen molar-refractivity contribution in [3.05, 3.63) is 29.8 Å². The van der Waals surface area contributed by atoms with E-state index in [9.17, 15) is 4.79 Å². The first-order chi connectivity index (χ1) is 13.0. The van der Waals surface area contributed by atoms with Crippen LogP contribution >= 0.6 is 24.0 Å². The third-order valence-electron chi connectivity index (χ3n) is 5.16. The monoisotopic (exact) mass is 502 g/mol. The lowest BCUT2D eigenvalue weighted by atomic mass is 9.94. The zero-order valence-corrected chi connectivity index (χ0v) is 19.1. The summed E-state index contributed by atoms with van der Waals surface area (Å²) in [5.74, 6) is 2.31. The van der Waals surface area contributed by atoms with Crippen LogP contribution in [-0.4, -0.2) is 69.8 Å². The van der Waals surface area contributed by atoms with Gasteiger partial charge in [-0.15, -0.1) is 24.0 Å². The molecule has 1 saturated heterocycles. The number of fused-ring (bicyclic) bond motifs is 1. The average molecular weight is 502 g/mol. The number of amides is 1.